The van der Waals surface area contributed by atoms with E-state index in [1.807, 2.05) is 6.07 Å². The third kappa shape index (κ3) is 2.43. The van der Waals surface area contributed by atoms with Crippen LogP contribution in [0.1, 0.15) is 5.56 Å². The van der Waals surface area contributed by atoms with Gasteiger partial charge in [-0.3, -0.25) is 5.10 Å². The molecule has 0 unspecified atom stereocenters. The topological polar surface area (TPSA) is 102 Å². The molecule has 3 N–H and O–H groups in total. The van der Waals surface area contributed by atoms with Crippen LogP contribution in [0.15, 0.2) is 48.7 Å². The summed E-state index contributed by atoms with van der Waals surface area (Å²) in [4.78, 5) is 0. The predicted octanol–water partition coefficient (Wildman–Crippen LogP) is 3.15. The third-order valence-electron chi connectivity index (χ3n) is 3.07. The number of phenolic OH excluding ortho intramolecular Hbond substituents is 2. The van der Waals surface area contributed by atoms with Crippen LogP contribution in [0.25, 0.3) is 11.3 Å². The third-order valence-corrected chi connectivity index (χ3v) is 3.07. The molecule has 0 bridgehead atoms. The summed E-state index contributed by atoms with van der Waals surface area (Å²) in [6.07, 6.45) is 1.52. The van der Waals surface area contributed by atoms with Crippen molar-refractivity contribution in [3.8, 4) is 40.3 Å². The van der Waals surface area contributed by atoms with Gasteiger partial charge in [-0.1, -0.05) is 12.1 Å². The summed E-state index contributed by atoms with van der Waals surface area (Å²) in [6, 6.07) is 13.1. The summed E-state index contributed by atoms with van der Waals surface area (Å²) in [7, 11) is 0. The van der Waals surface area contributed by atoms with Gasteiger partial charge in [-0.25, -0.2) is 0 Å². The van der Waals surface area contributed by atoms with Crippen molar-refractivity contribution < 1.29 is 14.9 Å². The molecule has 0 atom stereocenters. The number of nitrogens with zero attached hydrogens (tertiary/aromatic N) is 2. The molecule has 3 aromatic rings. The highest BCUT2D eigenvalue weighted by molar-refractivity contribution is 5.73. The second-order valence-electron chi connectivity index (χ2n) is 4.51. The van der Waals surface area contributed by atoms with Crippen LogP contribution in [-0.2, 0) is 0 Å². The molecule has 0 saturated carbocycles. The number of phenols is 2. The molecule has 108 valence electrons. The molecular weight excluding hydrogens is 282 g/mol. The second kappa shape index (κ2) is 5.50. The highest BCUT2D eigenvalue weighted by Crippen LogP contribution is 2.38. The van der Waals surface area contributed by atoms with Crippen molar-refractivity contribution in [1.29, 1.82) is 5.26 Å². The van der Waals surface area contributed by atoms with Gasteiger partial charge in [-0.05, 0) is 24.3 Å². The first kappa shape index (κ1) is 13.5. The fraction of sp³-hybridized carbons (Fsp3) is 0. The Morgan fingerprint density at radius 3 is 2.68 bits per heavy atom. The molecule has 22 heavy (non-hydrogen) atoms. The normalized spacial score (nSPS) is 10.1. The average molecular weight is 293 g/mol. The van der Waals surface area contributed by atoms with Crippen LogP contribution in [0.5, 0.6) is 23.0 Å². The minimum absolute atomic E-state index is 0.0471. The number of aromatic hydroxyl groups is 2. The Morgan fingerprint density at radius 1 is 1.09 bits per heavy atom. The van der Waals surface area contributed by atoms with E-state index in [1.54, 1.807) is 24.3 Å². The lowest BCUT2D eigenvalue weighted by molar-refractivity contribution is 0.450. The number of nitrogens with one attached hydrogen (secondary N) is 1. The molecule has 0 spiro atoms. The summed E-state index contributed by atoms with van der Waals surface area (Å²) < 4.78 is 5.72. The molecule has 1 aromatic heterocycles. The maximum atomic E-state index is 9.93. The van der Waals surface area contributed by atoms with Crippen LogP contribution in [0.4, 0.5) is 0 Å². The van der Waals surface area contributed by atoms with E-state index in [-0.39, 0.29) is 11.5 Å². The Kier molecular flexibility index (Phi) is 3.38. The van der Waals surface area contributed by atoms with E-state index in [2.05, 4.69) is 10.2 Å². The minimum atomic E-state index is -0.120. The lowest BCUT2D eigenvalue weighted by Gasteiger charge is -2.08. The van der Waals surface area contributed by atoms with Crippen LogP contribution in [0.3, 0.4) is 0 Å². The van der Waals surface area contributed by atoms with E-state index in [0.717, 1.165) is 0 Å². The Balaban J connectivity index is 2.01. The van der Waals surface area contributed by atoms with Gasteiger partial charge in [0, 0.05) is 11.6 Å². The number of hydrogen-bond acceptors (Lipinski definition) is 5. The van der Waals surface area contributed by atoms with Gasteiger partial charge in [0.25, 0.3) is 0 Å². The zero-order valence-electron chi connectivity index (χ0n) is 11.3. The highest BCUT2D eigenvalue weighted by Gasteiger charge is 2.16. The number of nitriles is 1. The smallest absolute Gasteiger partial charge is 0.173 e. The maximum Gasteiger partial charge on any atom is 0.173 e. The van der Waals surface area contributed by atoms with Crippen LogP contribution >= 0.6 is 0 Å². The van der Waals surface area contributed by atoms with Crippen molar-refractivity contribution in [2.24, 2.45) is 0 Å². The molecule has 0 radical (unpaired) electrons. The molecule has 0 aliphatic carbocycles. The molecule has 0 aliphatic rings. The van der Waals surface area contributed by atoms with Crippen molar-refractivity contribution >= 4 is 0 Å². The Bertz CT molecular complexity index is 865. The lowest BCUT2D eigenvalue weighted by Crippen LogP contribution is -1.89. The summed E-state index contributed by atoms with van der Waals surface area (Å²) in [5.41, 5.74) is 1.18. The first-order valence-corrected chi connectivity index (χ1v) is 6.42. The number of rotatable bonds is 3. The van der Waals surface area contributed by atoms with Gasteiger partial charge >= 0.3 is 0 Å². The number of benzene rings is 2. The van der Waals surface area contributed by atoms with Crippen molar-refractivity contribution in [2.45, 2.75) is 0 Å². The van der Waals surface area contributed by atoms with Crippen molar-refractivity contribution in [3.63, 3.8) is 0 Å². The van der Waals surface area contributed by atoms with Gasteiger partial charge in [0.15, 0.2) is 5.75 Å². The highest BCUT2D eigenvalue weighted by atomic mass is 16.5. The zero-order valence-corrected chi connectivity index (χ0v) is 11.3. The monoisotopic (exact) mass is 293 g/mol. The van der Waals surface area contributed by atoms with Crippen LogP contribution in [-0.4, -0.2) is 20.4 Å². The number of aromatic nitrogens is 2. The Labute approximate surface area is 125 Å². The first-order chi connectivity index (χ1) is 10.7. The molecule has 6 heteroatoms. The summed E-state index contributed by atoms with van der Waals surface area (Å²) in [6.45, 7) is 0. The molecule has 0 amide bonds. The fourth-order valence-corrected chi connectivity index (χ4v) is 2.04. The Morgan fingerprint density at radius 2 is 1.91 bits per heavy atom. The number of para-hydroxylation sites is 1. The number of aromatic amines is 1. The summed E-state index contributed by atoms with van der Waals surface area (Å²) in [5, 5.41) is 35.1. The molecule has 2 aromatic carbocycles. The zero-order chi connectivity index (χ0) is 15.5. The van der Waals surface area contributed by atoms with E-state index in [1.165, 1.54) is 24.4 Å². The first-order valence-electron chi connectivity index (χ1n) is 6.42. The van der Waals surface area contributed by atoms with Gasteiger partial charge in [0.05, 0.1) is 11.8 Å². The van der Waals surface area contributed by atoms with E-state index in [0.29, 0.717) is 28.3 Å². The Hall–Kier alpha value is -3.46. The molecule has 0 aliphatic heterocycles. The standard InChI is InChI=1S/C16H11N3O3/c17-8-10-3-1-2-4-14(10)22-15-9-18-19-16(15)12-6-5-11(20)7-13(12)21/h1-7,9,20-21H,(H,18,19). The van der Waals surface area contributed by atoms with Gasteiger partial charge in [-0.2, -0.15) is 10.4 Å². The van der Waals surface area contributed by atoms with Crippen molar-refractivity contribution in [3.05, 3.63) is 54.2 Å². The molecule has 1 heterocycles. The number of hydrogen-bond donors (Lipinski definition) is 3. The van der Waals surface area contributed by atoms with Crippen LogP contribution in [0, 0.1) is 11.3 Å². The van der Waals surface area contributed by atoms with Gasteiger partial charge in [0.2, 0.25) is 0 Å². The molecule has 0 saturated heterocycles. The SMILES string of the molecule is N#Cc1ccccc1Oc1c[nH]nc1-c1ccc(O)cc1O. The summed E-state index contributed by atoms with van der Waals surface area (Å²) in [5.74, 6) is 0.592. The summed E-state index contributed by atoms with van der Waals surface area (Å²) >= 11 is 0. The van der Waals surface area contributed by atoms with Crippen molar-refractivity contribution in [2.75, 3.05) is 0 Å². The van der Waals surface area contributed by atoms with Crippen LogP contribution < -0.4 is 4.74 Å². The minimum Gasteiger partial charge on any atom is -0.508 e. The van der Waals surface area contributed by atoms with E-state index in [4.69, 9.17) is 10.00 Å². The van der Waals surface area contributed by atoms with E-state index < -0.39 is 0 Å². The van der Waals surface area contributed by atoms with Crippen LogP contribution in [0.2, 0.25) is 0 Å². The second-order valence-corrected chi connectivity index (χ2v) is 4.51. The maximum absolute atomic E-state index is 9.93. The average Bonchev–Trinajstić information content (AvgIpc) is 2.96. The molecular formula is C16H11N3O3. The van der Waals surface area contributed by atoms with E-state index >= 15 is 0 Å². The predicted molar refractivity (Wildman–Crippen MR) is 78.6 cm³/mol. The lowest BCUT2D eigenvalue weighted by atomic mass is 10.1. The fourth-order valence-electron chi connectivity index (χ4n) is 2.04. The number of H-pyrrole nitrogens is 1. The number of ether oxygens (including phenoxy) is 1. The molecule has 6 nitrogen and oxygen atoms in total. The largest absolute Gasteiger partial charge is 0.508 e. The quantitative estimate of drug-likeness (QED) is 0.688. The molecule has 3 rings (SSSR count). The van der Waals surface area contributed by atoms with Gasteiger partial charge < -0.3 is 14.9 Å². The van der Waals surface area contributed by atoms with Gasteiger partial charge in [0.1, 0.15) is 29.0 Å². The van der Waals surface area contributed by atoms with Gasteiger partial charge in [-0.15, -0.1) is 0 Å². The van der Waals surface area contributed by atoms with E-state index in [9.17, 15) is 10.2 Å². The van der Waals surface area contributed by atoms with Crippen molar-refractivity contribution in [1.82, 2.24) is 10.2 Å². The molecule has 0 fully saturated rings.